The second-order valence-electron chi connectivity index (χ2n) is 2.24. The Kier molecular flexibility index (Phi) is 3.43. The molecule has 2 heteroatoms. The molecule has 0 atom stereocenters. The van der Waals surface area contributed by atoms with Gasteiger partial charge in [-0.2, -0.15) is 5.26 Å². The Bertz CT molecular complexity index is 308. The molecule has 0 radical (unpaired) electrons. The van der Waals surface area contributed by atoms with E-state index in [1.807, 2.05) is 42.7 Å². The highest BCUT2D eigenvalue weighted by atomic mass is 32.2. The van der Waals surface area contributed by atoms with Crippen LogP contribution in [0.15, 0.2) is 35.2 Å². The van der Waals surface area contributed by atoms with Crippen LogP contribution in [-0.2, 0) is 0 Å². The molecular weight excluding hydrogens is 166 g/mol. The molecule has 12 heavy (non-hydrogen) atoms. The lowest BCUT2D eigenvalue weighted by molar-refractivity contribution is 1.53. The van der Waals surface area contributed by atoms with Crippen LogP contribution < -0.4 is 0 Å². The van der Waals surface area contributed by atoms with E-state index in [1.54, 1.807) is 0 Å². The molecule has 0 aliphatic carbocycles. The number of nitrogens with zero attached hydrogens (tertiary/aromatic N) is 1. The van der Waals surface area contributed by atoms with E-state index in [0.717, 1.165) is 10.5 Å². The van der Waals surface area contributed by atoms with Gasteiger partial charge in [-0.05, 0) is 17.9 Å². The molecule has 0 aromatic heterocycles. The van der Waals surface area contributed by atoms with Crippen LogP contribution in [0.2, 0.25) is 0 Å². The fourth-order valence-electron chi connectivity index (χ4n) is 0.837. The summed E-state index contributed by atoms with van der Waals surface area (Å²) in [5.41, 5.74) is 1.07. The molecule has 0 saturated heterocycles. The standard InChI is InChI=1S/C10H9NS/c1-12-10(8-11)7-9-5-3-2-4-6-9/h2-7H,1H3/b10-7-. The van der Waals surface area contributed by atoms with Crippen molar-refractivity contribution in [2.75, 3.05) is 6.26 Å². The molecule has 0 heterocycles. The minimum Gasteiger partial charge on any atom is -0.192 e. The summed E-state index contributed by atoms with van der Waals surface area (Å²) in [7, 11) is 0. The number of hydrogen-bond acceptors (Lipinski definition) is 2. The van der Waals surface area contributed by atoms with Crippen LogP contribution in [0, 0.1) is 11.3 Å². The summed E-state index contributed by atoms with van der Waals surface area (Å²) >= 11 is 1.46. The second kappa shape index (κ2) is 4.63. The van der Waals surface area contributed by atoms with Gasteiger partial charge in [0, 0.05) is 0 Å². The van der Waals surface area contributed by atoms with Crippen molar-refractivity contribution in [1.82, 2.24) is 0 Å². The fraction of sp³-hybridized carbons (Fsp3) is 0.100. The molecule has 0 aliphatic rings. The largest absolute Gasteiger partial charge is 0.192 e. The number of hydrogen-bond donors (Lipinski definition) is 0. The zero-order valence-corrected chi connectivity index (χ0v) is 7.64. The Morgan fingerprint density at radius 3 is 2.58 bits per heavy atom. The summed E-state index contributed by atoms with van der Waals surface area (Å²) in [5.74, 6) is 0. The van der Waals surface area contributed by atoms with E-state index in [2.05, 4.69) is 6.07 Å². The Hall–Kier alpha value is -1.20. The first kappa shape index (κ1) is 8.89. The van der Waals surface area contributed by atoms with Gasteiger partial charge in [0.1, 0.15) is 6.07 Å². The van der Waals surface area contributed by atoms with Crippen molar-refractivity contribution in [3.05, 3.63) is 40.8 Å². The van der Waals surface area contributed by atoms with Crippen LogP contribution in [0.5, 0.6) is 0 Å². The van der Waals surface area contributed by atoms with Gasteiger partial charge in [-0.25, -0.2) is 0 Å². The topological polar surface area (TPSA) is 23.8 Å². The smallest absolute Gasteiger partial charge is 0.106 e. The third-order valence-corrected chi connectivity index (χ3v) is 2.08. The van der Waals surface area contributed by atoms with Crippen LogP contribution in [0.1, 0.15) is 5.56 Å². The predicted octanol–water partition coefficient (Wildman–Crippen LogP) is 2.91. The highest BCUT2D eigenvalue weighted by Gasteiger charge is 1.91. The van der Waals surface area contributed by atoms with Gasteiger partial charge in [0.05, 0.1) is 4.91 Å². The normalized spacial score (nSPS) is 10.8. The third kappa shape index (κ3) is 2.44. The average Bonchev–Trinajstić information content (AvgIpc) is 2.16. The Balaban J connectivity index is 2.88. The number of benzene rings is 1. The lowest BCUT2D eigenvalue weighted by Crippen LogP contribution is -1.72. The van der Waals surface area contributed by atoms with Gasteiger partial charge in [0.25, 0.3) is 0 Å². The van der Waals surface area contributed by atoms with Crippen molar-refractivity contribution >= 4 is 17.8 Å². The number of nitriles is 1. The molecule has 1 rings (SSSR count). The van der Waals surface area contributed by atoms with E-state index in [4.69, 9.17) is 5.26 Å². The molecule has 0 fully saturated rings. The monoisotopic (exact) mass is 175 g/mol. The summed E-state index contributed by atoms with van der Waals surface area (Å²) in [6, 6.07) is 12.0. The molecular formula is C10H9NS. The highest BCUT2D eigenvalue weighted by molar-refractivity contribution is 8.02. The predicted molar refractivity (Wildman–Crippen MR) is 53.5 cm³/mol. The van der Waals surface area contributed by atoms with E-state index >= 15 is 0 Å². The van der Waals surface area contributed by atoms with Crippen molar-refractivity contribution in [2.24, 2.45) is 0 Å². The lowest BCUT2D eigenvalue weighted by Gasteiger charge is -1.92. The molecule has 1 aromatic rings. The van der Waals surface area contributed by atoms with Crippen LogP contribution in [0.25, 0.3) is 6.08 Å². The molecule has 60 valence electrons. The first-order chi connectivity index (χ1) is 5.86. The Morgan fingerprint density at radius 1 is 1.42 bits per heavy atom. The van der Waals surface area contributed by atoms with Crippen molar-refractivity contribution in [2.45, 2.75) is 0 Å². The summed E-state index contributed by atoms with van der Waals surface area (Å²) in [6.45, 7) is 0. The van der Waals surface area contributed by atoms with Gasteiger partial charge in [0.15, 0.2) is 0 Å². The van der Waals surface area contributed by atoms with Gasteiger partial charge in [-0.3, -0.25) is 0 Å². The third-order valence-electron chi connectivity index (χ3n) is 1.43. The van der Waals surface area contributed by atoms with Gasteiger partial charge in [-0.1, -0.05) is 30.3 Å². The van der Waals surface area contributed by atoms with E-state index in [0.29, 0.717) is 0 Å². The van der Waals surface area contributed by atoms with Crippen molar-refractivity contribution in [1.29, 1.82) is 5.26 Å². The molecule has 0 aliphatic heterocycles. The number of rotatable bonds is 2. The zero-order chi connectivity index (χ0) is 8.81. The van der Waals surface area contributed by atoms with Crippen LogP contribution in [0.4, 0.5) is 0 Å². The second-order valence-corrected chi connectivity index (χ2v) is 3.08. The van der Waals surface area contributed by atoms with Crippen LogP contribution >= 0.6 is 11.8 Å². The fourth-order valence-corrected chi connectivity index (χ4v) is 1.18. The maximum atomic E-state index is 8.65. The molecule has 1 nitrogen and oxygen atoms in total. The highest BCUT2D eigenvalue weighted by Crippen LogP contribution is 2.14. The van der Waals surface area contributed by atoms with Crippen molar-refractivity contribution in [3.8, 4) is 6.07 Å². The van der Waals surface area contributed by atoms with Crippen LogP contribution in [-0.4, -0.2) is 6.26 Å². The van der Waals surface area contributed by atoms with Crippen molar-refractivity contribution in [3.63, 3.8) is 0 Å². The van der Waals surface area contributed by atoms with Gasteiger partial charge >= 0.3 is 0 Å². The summed E-state index contributed by atoms with van der Waals surface area (Å²) in [4.78, 5) is 0.737. The SMILES string of the molecule is CS/C(C#N)=C\c1ccccc1. The number of thioether (sulfide) groups is 1. The van der Waals surface area contributed by atoms with Crippen molar-refractivity contribution < 1.29 is 0 Å². The van der Waals surface area contributed by atoms with E-state index in [-0.39, 0.29) is 0 Å². The molecule has 0 N–H and O–H groups in total. The minimum absolute atomic E-state index is 0.737. The average molecular weight is 175 g/mol. The maximum absolute atomic E-state index is 8.65. The van der Waals surface area contributed by atoms with E-state index < -0.39 is 0 Å². The quantitative estimate of drug-likeness (QED) is 0.645. The van der Waals surface area contributed by atoms with Gasteiger partial charge in [0.2, 0.25) is 0 Å². The molecule has 1 aromatic carbocycles. The number of allylic oxidation sites excluding steroid dienone is 1. The Labute approximate surface area is 76.7 Å². The summed E-state index contributed by atoms with van der Waals surface area (Å²) < 4.78 is 0. The zero-order valence-electron chi connectivity index (χ0n) is 6.82. The van der Waals surface area contributed by atoms with E-state index in [9.17, 15) is 0 Å². The summed E-state index contributed by atoms with van der Waals surface area (Å²) in [5, 5.41) is 8.65. The lowest BCUT2D eigenvalue weighted by atomic mass is 10.2. The molecule has 0 saturated carbocycles. The molecule has 0 bridgehead atoms. The minimum atomic E-state index is 0.737. The Morgan fingerprint density at radius 2 is 2.08 bits per heavy atom. The first-order valence-electron chi connectivity index (χ1n) is 3.57. The van der Waals surface area contributed by atoms with Gasteiger partial charge in [-0.15, -0.1) is 11.8 Å². The van der Waals surface area contributed by atoms with E-state index in [1.165, 1.54) is 11.8 Å². The maximum Gasteiger partial charge on any atom is 0.106 e. The first-order valence-corrected chi connectivity index (χ1v) is 4.80. The van der Waals surface area contributed by atoms with Gasteiger partial charge < -0.3 is 0 Å². The van der Waals surface area contributed by atoms with Crippen LogP contribution in [0.3, 0.4) is 0 Å². The molecule has 0 unspecified atom stereocenters. The molecule has 0 spiro atoms. The summed E-state index contributed by atoms with van der Waals surface area (Å²) in [6.07, 6.45) is 3.78. The molecule has 0 amide bonds.